The standard InChI is InChI=1S/C69H129IO12Si5/c1-46-38-52(31-33-56-47(2)39-51(74-56)30-29-37-71)75-59(48(46)3)44-60-49(41-54(76-60)43-55(79-84(21,22)66(7,8)9)45-73-83(19,20)65(4,5)6)40-50(72)42-53-32-34-57-61(77-53)63(81-86(25,26)68(13,14)15)64(82-87(27,28)69(16,17)18)62(78-57)58(35-36-70)80-85(23,24)67(10,11)12/h35-37,46,49,51-64H,2-3,29-34,38-45H2,1,4-28H3/b36-35+/t46?,49-,51+,52+,53-,54+,55?,56+,57+,58+,59-,60+,61?,62?,63?,64?/m1/s1. The highest BCUT2D eigenvalue weighted by molar-refractivity contribution is 14.1. The van der Waals surface area contributed by atoms with Crippen molar-refractivity contribution >= 4 is 76.2 Å². The lowest BCUT2D eigenvalue weighted by molar-refractivity contribution is -0.266. The number of hydrogen-bond acceptors (Lipinski definition) is 12. The van der Waals surface area contributed by atoms with Crippen LogP contribution in [0.15, 0.2) is 34.5 Å². The van der Waals surface area contributed by atoms with Crippen molar-refractivity contribution < 1.29 is 55.4 Å². The summed E-state index contributed by atoms with van der Waals surface area (Å²) in [7, 11) is -11.6. The fourth-order valence-corrected chi connectivity index (χ4v) is 18.5. The molecule has 5 heterocycles. The molecule has 0 N–H and O–H groups in total. The number of aldehydes is 1. The van der Waals surface area contributed by atoms with Crippen molar-refractivity contribution in [2.24, 2.45) is 11.8 Å². The van der Waals surface area contributed by atoms with Crippen LogP contribution in [0.5, 0.6) is 0 Å². The monoisotopic (exact) mass is 1420 g/mol. The van der Waals surface area contributed by atoms with Crippen LogP contribution in [0.2, 0.25) is 90.7 Å². The van der Waals surface area contributed by atoms with Gasteiger partial charge in [-0.25, -0.2) is 0 Å². The van der Waals surface area contributed by atoms with E-state index in [1.165, 1.54) is 0 Å². The first-order valence-corrected chi connectivity index (χ1v) is 49.5. The lowest BCUT2D eigenvalue weighted by atomic mass is 9.82. The molecule has 5 rings (SSSR count). The Balaban J connectivity index is 1.47. The minimum Gasteiger partial charge on any atom is -0.414 e. The molecule has 5 saturated heterocycles. The molecule has 504 valence electrons. The first-order valence-electron chi connectivity index (χ1n) is 33.7. The van der Waals surface area contributed by atoms with Crippen LogP contribution in [0.3, 0.4) is 0 Å². The average Bonchev–Trinajstić information content (AvgIpc) is 1.41. The highest BCUT2D eigenvalue weighted by atomic mass is 127. The van der Waals surface area contributed by atoms with E-state index >= 15 is 4.79 Å². The Kier molecular flexibility index (Phi) is 26.7. The third-order valence-electron chi connectivity index (χ3n) is 22.8. The van der Waals surface area contributed by atoms with Crippen molar-refractivity contribution in [2.45, 2.75) is 370 Å². The molecule has 5 aliphatic heterocycles. The number of Topliss-reactive ketones (excluding diaryl/α,β-unsaturated/α-hetero) is 1. The summed E-state index contributed by atoms with van der Waals surface area (Å²) in [5, 5.41) is -0.156. The number of carbonyl (C=O) groups is 2. The molecule has 0 spiro atoms. The number of ketones is 1. The van der Waals surface area contributed by atoms with Gasteiger partial charge in [0.25, 0.3) is 0 Å². The minimum absolute atomic E-state index is 0.00717. The molecule has 0 aromatic carbocycles. The summed E-state index contributed by atoms with van der Waals surface area (Å²) in [4.78, 5) is 26.3. The molecule has 0 radical (unpaired) electrons. The summed E-state index contributed by atoms with van der Waals surface area (Å²) in [5.41, 5.74) is 2.20. The summed E-state index contributed by atoms with van der Waals surface area (Å²) < 4.78 is 74.8. The second-order valence-corrected chi connectivity index (χ2v) is 59.5. The zero-order valence-corrected chi connectivity index (χ0v) is 67.2. The van der Waals surface area contributed by atoms with Gasteiger partial charge >= 0.3 is 0 Å². The number of halogens is 1. The molecular formula is C69H129IO12Si5. The van der Waals surface area contributed by atoms with E-state index in [1.54, 1.807) is 0 Å². The highest BCUT2D eigenvalue weighted by Gasteiger charge is 2.58. The number of ether oxygens (including phenoxy) is 5. The van der Waals surface area contributed by atoms with Crippen LogP contribution in [0, 0.1) is 11.8 Å². The number of rotatable bonds is 27. The molecule has 6 unspecified atom stereocenters. The van der Waals surface area contributed by atoms with Gasteiger partial charge in [0.05, 0.1) is 67.6 Å². The van der Waals surface area contributed by atoms with E-state index in [0.717, 1.165) is 62.4 Å². The minimum atomic E-state index is -2.48. The molecule has 16 atom stereocenters. The van der Waals surface area contributed by atoms with E-state index in [1.807, 2.05) is 0 Å². The van der Waals surface area contributed by atoms with Crippen LogP contribution >= 0.6 is 22.6 Å². The molecule has 0 aliphatic carbocycles. The molecule has 0 saturated carbocycles. The lowest BCUT2D eigenvalue weighted by Crippen LogP contribution is -2.69. The Morgan fingerprint density at radius 3 is 1.72 bits per heavy atom. The molecule has 0 amide bonds. The second-order valence-electron chi connectivity index (χ2n) is 35.0. The van der Waals surface area contributed by atoms with Crippen LogP contribution in [-0.2, 0) is 55.4 Å². The van der Waals surface area contributed by atoms with Crippen LogP contribution in [0.25, 0.3) is 0 Å². The zero-order chi connectivity index (χ0) is 66.1. The molecule has 0 bridgehead atoms. The topological polar surface area (TPSA) is 126 Å². The summed E-state index contributed by atoms with van der Waals surface area (Å²) in [6.07, 6.45) is 8.41. The molecule has 0 aromatic rings. The predicted molar refractivity (Wildman–Crippen MR) is 380 cm³/mol. The predicted octanol–water partition coefficient (Wildman–Crippen LogP) is 18.6. The van der Waals surface area contributed by atoms with Gasteiger partial charge in [-0.15, -0.1) is 0 Å². The van der Waals surface area contributed by atoms with Crippen molar-refractivity contribution in [1.29, 1.82) is 0 Å². The quantitative estimate of drug-likeness (QED) is 0.0336. The Hall–Kier alpha value is -0.0256. The Bertz CT molecular complexity index is 2310. The molecule has 5 fully saturated rings. The zero-order valence-electron chi connectivity index (χ0n) is 60.1. The van der Waals surface area contributed by atoms with Gasteiger partial charge in [0.2, 0.25) is 0 Å². The molecular weight excluding hydrogens is 1290 g/mol. The summed E-state index contributed by atoms with van der Waals surface area (Å²) in [6, 6.07) is 0. The van der Waals surface area contributed by atoms with Gasteiger partial charge in [-0.3, -0.25) is 4.79 Å². The highest BCUT2D eigenvalue weighted by Crippen LogP contribution is 2.49. The Morgan fingerprint density at radius 2 is 1.17 bits per heavy atom. The van der Waals surface area contributed by atoms with Crippen LogP contribution in [-0.4, -0.2) is 146 Å². The Morgan fingerprint density at radius 1 is 0.621 bits per heavy atom. The first-order chi connectivity index (χ1) is 39.5. The third kappa shape index (κ3) is 20.5. The van der Waals surface area contributed by atoms with E-state index in [2.05, 4.69) is 222 Å². The first kappa shape index (κ1) is 77.7. The number of fused-ring (bicyclic) bond motifs is 1. The average molecular weight is 1420 g/mol. The maximum atomic E-state index is 15.2. The van der Waals surface area contributed by atoms with Crippen molar-refractivity contribution in [1.82, 2.24) is 0 Å². The van der Waals surface area contributed by atoms with E-state index in [0.29, 0.717) is 45.1 Å². The molecule has 5 aliphatic rings. The molecule has 18 heteroatoms. The van der Waals surface area contributed by atoms with Crippen molar-refractivity contribution in [3.8, 4) is 0 Å². The Labute approximate surface area is 551 Å². The van der Waals surface area contributed by atoms with Crippen molar-refractivity contribution in [2.75, 3.05) is 6.61 Å². The van der Waals surface area contributed by atoms with Gasteiger partial charge in [-0.1, -0.05) is 147 Å². The van der Waals surface area contributed by atoms with Gasteiger partial charge in [0.15, 0.2) is 41.6 Å². The fourth-order valence-electron chi connectivity index (χ4n) is 11.9. The number of carbonyl (C=O) groups excluding carboxylic acids is 2. The maximum absolute atomic E-state index is 15.2. The molecule has 0 aromatic heterocycles. The van der Waals surface area contributed by atoms with E-state index in [-0.39, 0.29) is 104 Å². The van der Waals surface area contributed by atoms with Gasteiger partial charge in [-0.05, 0) is 175 Å². The van der Waals surface area contributed by atoms with Crippen LogP contribution in [0.4, 0.5) is 0 Å². The van der Waals surface area contributed by atoms with Gasteiger partial charge < -0.3 is 50.6 Å². The second kappa shape index (κ2) is 29.9. The molecule has 87 heavy (non-hydrogen) atoms. The SMILES string of the molecule is C=C1C[C@H](CCC=O)O[C@H]1CC[C@H]1CC(C)C(=C)[C@@H](C[C@@H]2O[C@H](CC(CO[Si](C)(C)C(C)(C)C)O[Si](C)(C)C(C)(C)C)C[C@H]2CC(=O)C[C@H]2CC[C@@H]3OC([C@H](/C=C/I)O[Si](C)(C)C(C)(C)C)C(O[Si](C)(C)C(C)(C)C)C(O[Si](C)(C)C(C)(C)C)C3O2)O1. The normalized spacial score (nSPS) is 31.3. The van der Waals surface area contributed by atoms with Gasteiger partial charge in [-0.2, -0.15) is 0 Å². The maximum Gasteiger partial charge on any atom is 0.193 e. The third-order valence-corrected chi connectivity index (χ3v) is 45.7. The summed E-state index contributed by atoms with van der Waals surface area (Å²) in [5.74, 6) is 0.403. The van der Waals surface area contributed by atoms with E-state index < -0.39 is 66.0 Å². The van der Waals surface area contributed by atoms with Crippen LogP contribution < -0.4 is 0 Å². The van der Waals surface area contributed by atoms with Crippen molar-refractivity contribution in [3.63, 3.8) is 0 Å². The van der Waals surface area contributed by atoms with E-state index in [9.17, 15) is 4.79 Å². The lowest BCUT2D eigenvalue weighted by Gasteiger charge is -2.56. The summed E-state index contributed by atoms with van der Waals surface area (Å²) >= 11 is 2.32. The van der Waals surface area contributed by atoms with Crippen molar-refractivity contribution in [3.05, 3.63) is 34.5 Å². The van der Waals surface area contributed by atoms with E-state index in [4.69, 9.17) is 45.8 Å². The van der Waals surface area contributed by atoms with Gasteiger partial charge in [0, 0.05) is 32.1 Å². The molecule has 12 nitrogen and oxygen atoms in total. The number of hydrogen-bond donors (Lipinski definition) is 0. The fraction of sp³-hybridized carbons (Fsp3) is 0.884. The largest absolute Gasteiger partial charge is 0.414 e. The van der Waals surface area contributed by atoms with Crippen LogP contribution in [0.1, 0.15) is 194 Å². The smallest absolute Gasteiger partial charge is 0.193 e. The van der Waals surface area contributed by atoms with Gasteiger partial charge in [0.1, 0.15) is 36.5 Å². The summed E-state index contributed by atoms with van der Waals surface area (Å²) in [6.45, 7) is 69.5.